The maximum absolute atomic E-state index is 8.35. The zero-order chi connectivity index (χ0) is 15.4. The van der Waals surface area contributed by atoms with Gasteiger partial charge in [-0.25, -0.2) is 20.4 Å². The Kier molecular flexibility index (Phi) is 9.49. The summed E-state index contributed by atoms with van der Waals surface area (Å²) in [5.74, 6) is 0. The minimum Gasteiger partial charge on any atom is -0.222 e. The van der Waals surface area contributed by atoms with E-state index in [2.05, 4.69) is 0 Å². The van der Waals surface area contributed by atoms with Gasteiger partial charge in [-0.3, -0.25) is 0 Å². The highest BCUT2D eigenvalue weighted by Crippen LogP contribution is 2.24. The van der Waals surface area contributed by atoms with Gasteiger partial charge in [0, 0.05) is 10.0 Å². The molecule has 0 bridgehead atoms. The second-order valence-electron chi connectivity index (χ2n) is 3.22. The van der Waals surface area contributed by atoms with E-state index >= 15 is 0 Å². The fourth-order valence-corrected chi connectivity index (χ4v) is 1.72. The van der Waals surface area contributed by atoms with Gasteiger partial charge in [-0.2, -0.15) is 0 Å². The minimum absolute atomic E-state index is 0.738. The van der Waals surface area contributed by atoms with E-state index in [1.54, 1.807) is 0 Å². The van der Waals surface area contributed by atoms with Crippen molar-refractivity contribution in [1.29, 1.82) is 10.8 Å². The maximum Gasteiger partial charge on any atom is 0.231 e. The van der Waals surface area contributed by atoms with Crippen LogP contribution in [-0.2, 0) is 9.59 Å². The molecule has 102 valence electrons. The van der Waals surface area contributed by atoms with Gasteiger partial charge in [-0.1, -0.05) is 47.5 Å². The lowest BCUT2D eigenvalue weighted by molar-refractivity contribution is 0.562. The molecule has 0 saturated carbocycles. The van der Waals surface area contributed by atoms with Gasteiger partial charge in [-0.05, 0) is 35.4 Å². The third-order valence-corrected chi connectivity index (χ3v) is 2.45. The highest BCUT2D eigenvalue weighted by molar-refractivity contribution is 6.31. The van der Waals surface area contributed by atoms with Crippen LogP contribution in [0.3, 0.4) is 0 Å². The van der Waals surface area contributed by atoms with Crippen molar-refractivity contribution in [3.63, 3.8) is 0 Å². The second kappa shape index (κ2) is 10.7. The van der Waals surface area contributed by atoms with Crippen LogP contribution in [0.15, 0.2) is 48.5 Å². The summed E-state index contributed by atoms with van der Waals surface area (Å²) < 4.78 is 0. The highest BCUT2D eigenvalue weighted by atomic mass is 35.5. The lowest BCUT2D eigenvalue weighted by Gasteiger charge is -2.02. The van der Waals surface area contributed by atoms with E-state index in [4.69, 9.17) is 43.6 Å². The smallest absolute Gasteiger partial charge is 0.222 e. The highest BCUT2D eigenvalue weighted by Gasteiger charge is 1.98. The van der Waals surface area contributed by atoms with Crippen LogP contribution in [0, 0.1) is 10.8 Å². The summed E-state index contributed by atoms with van der Waals surface area (Å²) in [6, 6.07) is 15.4. The summed E-state index contributed by atoms with van der Waals surface area (Å²) in [4.78, 5) is 16.7. The summed E-state index contributed by atoms with van der Waals surface area (Å²) in [5.41, 5.74) is 2.17. The molecule has 4 nitrogen and oxygen atoms in total. The van der Waals surface area contributed by atoms with Crippen molar-refractivity contribution in [3.05, 3.63) is 58.6 Å². The molecule has 0 aliphatic heterocycles. The van der Waals surface area contributed by atoms with Crippen LogP contribution < -0.4 is 0 Å². The lowest BCUT2D eigenvalue weighted by atomic mass is 10.1. The first kappa shape index (κ1) is 17.8. The molecule has 0 atom stereocenters. The Morgan fingerprint density at radius 3 is 1.30 bits per heavy atom. The van der Waals surface area contributed by atoms with Gasteiger partial charge in [0.05, 0.1) is 0 Å². The molecule has 0 fully saturated rings. The van der Waals surface area contributed by atoms with Crippen molar-refractivity contribution < 1.29 is 9.59 Å². The molecule has 0 amide bonds. The van der Waals surface area contributed by atoms with E-state index in [-0.39, 0.29) is 0 Å². The summed E-state index contributed by atoms with van der Waals surface area (Å²) >= 11 is 11.8. The number of hydrogen-bond donors (Lipinski definition) is 2. The fraction of sp³-hybridized carbons (Fsp3) is 0. The zero-order valence-electron chi connectivity index (χ0n) is 10.2. The average Bonchev–Trinajstić information content (AvgIpc) is 2.40. The van der Waals surface area contributed by atoms with Crippen molar-refractivity contribution in [3.8, 4) is 11.1 Å². The largest absolute Gasteiger partial charge is 0.231 e. The number of nitrogens with one attached hydrogen (secondary N) is 2. The molecule has 0 spiro atoms. The molecule has 2 N–H and O–H groups in total. The predicted octanol–water partition coefficient (Wildman–Crippen LogP) is 4.46. The molecule has 0 radical (unpaired) electrons. The number of halogens is 2. The number of carbonyl (C=O) groups excluding carboxylic acids is 2. The van der Waals surface area contributed by atoms with Gasteiger partial charge in [0.25, 0.3) is 0 Å². The van der Waals surface area contributed by atoms with Crippen LogP contribution in [0.25, 0.3) is 11.1 Å². The molecule has 6 heteroatoms. The Hall–Kier alpha value is -2.22. The Morgan fingerprint density at radius 2 is 1.05 bits per heavy atom. The van der Waals surface area contributed by atoms with E-state index in [1.807, 2.05) is 48.5 Å². The molecule has 0 aliphatic rings. The van der Waals surface area contributed by atoms with E-state index in [1.165, 1.54) is 0 Å². The summed E-state index contributed by atoms with van der Waals surface area (Å²) in [7, 11) is 0. The maximum atomic E-state index is 8.35. The molecule has 2 aromatic carbocycles. The first-order valence-electron chi connectivity index (χ1n) is 5.18. The Morgan fingerprint density at radius 1 is 0.750 bits per heavy atom. The number of isocyanates is 2. The number of rotatable bonds is 1. The van der Waals surface area contributed by atoms with E-state index in [9.17, 15) is 0 Å². The Balaban J connectivity index is 0.000000520. The summed E-state index contributed by atoms with van der Waals surface area (Å²) in [6.07, 6.45) is 1.50. The fourth-order valence-electron chi connectivity index (χ4n) is 1.34. The van der Waals surface area contributed by atoms with Crippen LogP contribution in [0.5, 0.6) is 0 Å². The van der Waals surface area contributed by atoms with Crippen molar-refractivity contribution in [2.45, 2.75) is 0 Å². The van der Waals surface area contributed by atoms with Gasteiger partial charge in [0.1, 0.15) is 0 Å². The number of benzene rings is 2. The predicted molar refractivity (Wildman–Crippen MR) is 78.7 cm³/mol. The zero-order valence-corrected chi connectivity index (χ0v) is 11.7. The standard InChI is InChI=1S/C12H8Cl2.2CHNO/c13-11-5-1-3-9(7-11)10-4-2-6-12(14)8-10;2*2-1-3/h1-8H;2*2H. The monoisotopic (exact) mass is 308 g/mol. The topological polar surface area (TPSA) is 81.8 Å². The van der Waals surface area contributed by atoms with Crippen molar-refractivity contribution in [2.24, 2.45) is 0 Å². The van der Waals surface area contributed by atoms with Crippen LogP contribution in [-0.4, -0.2) is 12.2 Å². The first-order valence-corrected chi connectivity index (χ1v) is 5.93. The molecule has 2 aromatic rings. The molecular formula is C14H10Cl2N2O2. The van der Waals surface area contributed by atoms with Crippen molar-refractivity contribution in [2.75, 3.05) is 0 Å². The van der Waals surface area contributed by atoms with Crippen molar-refractivity contribution >= 4 is 35.4 Å². The molecule has 0 aromatic heterocycles. The third kappa shape index (κ3) is 7.27. The lowest BCUT2D eigenvalue weighted by Crippen LogP contribution is -1.76. The van der Waals surface area contributed by atoms with Gasteiger partial charge in [0.15, 0.2) is 0 Å². The summed E-state index contributed by atoms with van der Waals surface area (Å²) in [6.45, 7) is 0. The summed E-state index contributed by atoms with van der Waals surface area (Å²) in [5, 5.41) is 12.3. The molecule has 2 rings (SSSR count). The van der Waals surface area contributed by atoms with Gasteiger partial charge in [-0.15, -0.1) is 0 Å². The van der Waals surface area contributed by atoms with E-state index in [0.717, 1.165) is 33.3 Å². The average molecular weight is 309 g/mol. The second-order valence-corrected chi connectivity index (χ2v) is 4.10. The molecule has 0 saturated heterocycles. The Bertz CT molecular complexity index is 563. The minimum atomic E-state index is 0.738. The molecular weight excluding hydrogens is 299 g/mol. The van der Waals surface area contributed by atoms with Crippen LogP contribution >= 0.6 is 23.2 Å². The Labute approximate surface area is 126 Å². The SMILES string of the molecule is Clc1cccc(-c2cccc(Cl)c2)c1.N=C=O.N=C=O. The number of hydrogen-bond acceptors (Lipinski definition) is 4. The molecule has 0 unspecified atom stereocenters. The molecule has 0 heterocycles. The quantitative estimate of drug-likeness (QED) is 0.602. The first-order chi connectivity index (χ1) is 9.58. The molecule has 0 aliphatic carbocycles. The van der Waals surface area contributed by atoms with Crippen LogP contribution in [0.2, 0.25) is 10.0 Å². The normalized spacial score (nSPS) is 7.90. The molecule has 20 heavy (non-hydrogen) atoms. The van der Waals surface area contributed by atoms with E-state index < -0.39 is 0 Å². The van der Waals surface area contributed by atoms with Gasteiger partial charge >= 0.3 is 0 Å². The third-order valence-electron chi connectivity index (χ3n) is 1.98. The van der Waals surface area contributed by atoms with Crippen molar-refractivity contribution in [1.82, 2.24) is 0 Å². The van der Waals surface area contributed by atoms with Crippen LogP contribution in [0.1, 0.15) is 0 Å². The van der Waals surface area contributed by atoms with Crippen LogP contribution in [0.4, 0.5) is 0 Å². The van der Waals surface area contributed by atoms with Gasteiger partial charge in [0.2, 0.25) is 12.2 Å². The van der Waals surface area contributed by atoms with E-state index in [0.29, 0.717) is 0 Å². The van der Waals surface area contributed by atoms with Gasteiger partial charge < -0.3 is 0 Å².